The van der Waals surface area contributed by atoms with E-state index >= 15 is 0 Å². The van der Waals surface area contributed by atoms with Crippen LogP contribution in [0.25, 0.3) is 11.1 Å². The predicted octanol–water partition coefficient (Wildman–Crippen LogP) is 8.19. The lowest BCUT2D eigenvalue weighted by Gasteiger charge is -2.29. The Morgan fingerprint density at radius 1 is 0.906 bits per heavy atom. The maximum atomic E-state index is 14.9. The largest absolute Gasteiger partial charge is 0.491 e. The van der Waals surface area contributed by atoms with Crippen LogP contribution in [0.4, 0.5) is 26.3 Å². The van der Waals surface area contributed by atoms with Gasteiger partial charge in [-0.1, -0.05) is 18.2 Å². The third kappa shape index (κ3) is 5.30. The second-order valence-corrected chi connectivity index (χ2v) is 8.08. The summed E-state index contributed by atoms with van der Waals surface area (Å²) in [4.78, 5) is 0. The zero-order valence-corrected chi connectivity index (χ0v) is 17.9. The summed E-state index contributed by atoms with van der Waals surface area (Å²) in [5.74, 6) is -5.70. The van der Waals surface area contributed by atoms with Gasteiger partial charge in [-0.2, -0.15) is 4.39 Å². The lowest BCUT2D eigenvalue weighted by atomic mass is 9.77. The first kappa shape index (κ1) is 24.2. The summed E-state index contributed by atoms with van der Waals surface area (Å²) >= 11 is 0. The second-order valence-electron chi connectivity index (χ2n) is 8.08. The summed E-state index contributed by atoms with van der Waals surface area (Å²) in [6.07, 6.45) is 5.26. The molecule has 2 aromatic carbocycles. The van der Waals surface area contributed by atoms with Crippen molar-refractivity contribution < 1.29 is 31.1 Å². The first-order chi connectivity index (χ1) is 15.4. The lowest BCUT2D eigenvalue weighted by molar-refractivity contribution is 0.305. The van der Waals surface area contributed by atoms with Crippen LogP contribution in [0.1, 0.15) is 56.9 Å². The maximum absolute atomic E-state index is 14.9. The third-order valence-electron chi connectivity index (χ3n) is 6.10. The summed E-state index contributed by atoms with van der Waals surface area (Å²) < 4.78 is 88.4. The zero-order chi connectivity index (χ0) is 23.3. The van der Waals surface area contributed by atoms with Gasteiger partial charge in [0.25, 0.3) is 0 Å². The van der Waals surface area contributed by atoms with Crippen LogP contribution in [-0.4, -0.2) is 13.3 Å². The molecule has 0 bridgehead atoms. The number of ether oxygens (including phenoxy) is 1. The van der Waals surface area contributed by atoms with Crippen molar-refractivity contribution >= 4 is 0 Å². The second kappa shape index (κ2) is 10.9. The SMILES string of the molecule is CCOc1ccc(-c2ccc(C3CCC(CC/C=C(\F)CF)CC3)c(F)c2F)c(F)c1F. The van der Waals surface area contributed by atoms with E-state index in [-0.39, 0.29) is 35.0 Å². The molecule has 1 saturated carbocycles. The summed E-state index contributed by atoms with van der Waals surface area (Å²) in [6, 6.07) is 5.08. The third-order valence-corrected chi connectivity index (χ3v) is 6.10. The van der Waals surface area contributed by atoms with Gasteiger partial charge in [0.2, 0.25) is 5.82 Å². The zero-order valence-electron chi connectivity index (χ0n) is 17.9. The summed E-state index contributed by atoms with van der Waals surface area (Å²) in [7, 11) is 0. The molecule has 3 rings (SSSR count). The highest BCUT2D eigenvalue weighted by molar-refractivity contribution is 5.66. The van der Waals surface area contributed by atoms with Crippen LogP contribution >= 0.6 is 0 Å². The minimum atomic E-state index is -1.29. The molecule has 1 fully saturated rings. The molecule has 0 heterocycles. The molecule has 0 saturated heterocycles. The molecule has 32 heavy (non-hydrogen) atoms. The Labute approximate surface area is 184 Å². The minimum Gasteiger partial charge on any atom is -0.491 e. The highest BCUT2D eigenvalue weighted by atomic mass is 19.2. The molecule has 1 nitrogen and oxygen atoms in total. The Balaban J connectivity index is 1.73. The minimum absolute atomic E-state index is 0.140. The molecule has 0 aliphatic heterocycles. The first-order valence-electron chi connectivity index (χ1n) is 10.9. The summed E-state index contributed by atoms with van der Waals surface area (Å²) in [5.41, 5.74) is -0.493. The molecule has 0 atom stereocenters. The van der Waals surface area contributed by atoms with Crippen LogP contribution in [0.2, 0.25) is 0 Å². The van der Waals surface area contributed by atoms with Crippen molar-refractivity contribution in [3.05, 3.63) is 65.0 Å². The smallest absolute Gasteiger partial charge is 0.201 e. The van der Waals surface area contributed by atoms with Crippen molar-refractivity contribution in [2.75, 3.05) is 13.3 Å². The molecule has 7 heteroatoms. The van der Waals surface area contributed by atoms with E-state index in [0.29, 0.717) is 25.2 Å². The van der Waals surface area contributed by atoms with Gasteiger partial charge in [0, 0.05) is 11.1 Å². The van der Waals surface area contributed by atoms with E-state index in [9.17, 15) is 26.3 Å². The van der Waals surface area contributed by atoms with Crippen molar-refractivity contribution in [2.45, 2.75) is 51.4 Å². The van der Waals surface area contributed by atoms with Crippen LogP contribution in [0.5, 0.6) is 5.75 Å². The van der Waals surface area contributed by atoms with Crippen LogP contribution in [0.3, 0.4) is 0 Å². The fraction of sp³-hybridized carbons (Fsp3) is 0.440. The molecule has 0 unspecified atom stereocenters. The van der Waals surface area contributed by atoms with Gasteiger partial charge in [-0.25, -0.2) is 22.0 Å². The van der Waals surface area contributed by atoms with Gasteiger partial charge in [-0.3, -0.25) is 0 Å². The maximum Gasteiger partial charge on any atom is 0.201 e. The van der Waals surface area contributed by atoms with Crippen molar-refractivity contribution in [3.63, 3.8) is 0 Å². The fourth-order valence-corrected chi connectivity index (χ4v) is 4.39. The average molecular weight is 456 g/mol. The molecule has 2 aromatic rings. The van der Waals surface area contributed by atoms with Crippen LogP contribution in [0.15, 0.2) is 36.2 Å². The quantitative estimate of drug-likeness (QED) is 0.364. The Hall–Kier alpha value is -2.44. The van der Waals surface area contributed by atoms with Gasteiger partial charge in [0.1, 0.15) is 12.5 Å². The Kier molecular flexibility index (Phi) is 8.26. The van der Waals surface area contributed by atoms with Gasteiger partial charge in [-0.15, -0.1) is 0 Å². The molecule has 1 aliphatic carbocycles. The van der Waals surface area contributed by atoms with E-state index in [1.807, 2.05) is 0 Å². The first-order valence-corrected chi connectivity index (χ1v) is 10.9. The molecule has 1 aliphatic rings. The highest BCUT2D eigenvalue weighted by Gasteiger charge is 2.27. The van der Waals surface area contributed by atoms with Crippen molar-refractivity contribution in [1.82, 2.24) is 0 Å². The molecule has 174 valence electrons. The molecule has 0 N–H and O–H groups in total. The number of alkyl halides is 1. The van der Waals surface area contributed by atoms with Gasteiger partial charge < -0.3 is 4.74 Å². The molecule has 0 spiro atoms. The van der Waals surface area contributed by atoms with Gasteiger partial charge >= 0.3 is 0 Å². The lowest BCUT2D eigenvalue weighted by Crippen LogP contribution is -2.15. The number of halogens is 6. The summed E-state index contributed by atoms with van der Waals surface area (Å²) in [5, 5.41) is 0. The van der Waals surface area contributed by atoms with E-state index in [1.54, 1.807) is 6.92 Å². The standard InChI is InChI=1S/C25H26F6O/c1-2-32-21-13-12-20(24(30)25(21)31)19-11-10-18(22(28)23(19)29)16-8-6-15(7-9-16)4-3-5-17(27)14-26/h5,10-13,15-16H,2-4,6-9,14H2,1H3/b17-5-. The monoisotopic (exact) mass is 456 g/mol. The Bertz CT molecular complexity index is 963. The number of allylic oxidation sites excluding steroid dienone is 2. The van der Waals surface area contributed by atoms with Gasteiger partial charge in [0.05, 0.1) is 6.61 Å². The predicted molar refractivity (Wildman–Crippen MR) is 112 cm³/mol. The summed E-state index contributed by atoms with van der Waals surface area (Å²) in [6.45, 7) is 0.664. The van der Waals surface area contributed by atoms with Gasteiger partial charge in [0.15, 0.2) is 23.2 Å². The normalized spacial score (nSPS) is 19.3. The Morgan fingerprint density at radius 2 is 1.53 bits per heavy atom. The van der Waals surface area contributed by atoms with Crippen molar-refractivity contribution in [3.8, 4) is 16.9 Å². The van der Waals surface area contributed by atoms with Crippen molar-refractivity contribution in [1.29, 1.82) is 0 Å². The molecular formula is C25H26F6O. The van der Waals surface area contributed by atoms with E-state index in [1.165, 1.54) is 30.3 Å². The number of hydrogen-bond donors (Lipinski definition) is 0. The Morgan fingerprint density at radius 3 is 2.16 bits per heavy atom. The molecule has 0 amide bonds. The number of benzene rings is 2. The van der Waals surface area contributed by atoms with E-state index in [0.717, 1.165) is 19.3 Å². The van der Waals surface area contributed by atoms with Crippen LogP contribution < -0.4 is 4.74 Å². The molecule has 0 aromatic heterocycles. The number of rotatable bonds is 8. The fourth-order valence-electron chi connectivity index (χ4n) is 4.39. The van der Waals surface area contributed by atoms with Crippen LogP contribution in [0, 0.1) is 29.2 Å². The highest BCUT2D eigenvalue weighted by Crippen LogP contribution is 2.41. The molecule has 0 radical (unpaired) electrons. The molecular weight excluding hydrogens is 430 g/mol. The van der Waals surface area contributed by atoms with Crippen LogP contribution in [-0.2, 0) is 0 Å². The van der Waals surface area contributed by atoms with Crippen molar-refractivity contribution in [2.24, 2.45) is 5.92 Å². The number of hydrogen-bond acceptors (Lipinski definition) is 1. The average Bonchev–Trinajstić information content (AvgIpc) is 2.80. The van der Waals surface area contributed by atoms with Gasteiger partial charge in [-0.05, 0) is 75.0 Å². The van der Waals surface area contributed by atoms with E-state index < -0.39 is 35.8 Å². The van der Waals surface area contributed by atoms with E-state index in [4.69, 9.17) is 4.74 Å². The topological polar surface area (TPSA) is 9.23 Å². The van der Waals surface area contributed by atoms with E-state index in [2.05, 4.69) is 0 Å².